The minimum absolute atomic E-state index is 0.0336. The Labute approximate surface area is 212 Å². The summed E-state index contributed by atoms with van der Waals surface area (Å²) in [5, 5.41) is 12.4. The Bertz CT molecular complexity index is 826. The van der Waals surface area contributed by atoms with Gasteiger partial charge in [0.1, 0.15) is 0 Å². The van der Waals surface area contributed by atoms with Crippen LogP contribution in [-0.2, 0) is 9.47 Å². The predicted molar refractivity (Wildman–Crippen MR) is 138 cm³/mol. The van der Waals surface area contributed by atoms with Crippen molar-refractivity contribution < 1.29 is 19.0 Å². The van der Waals surface area contributed by atoms with E-state index in [-0.39, 0.29) is 5.41 Å². The van der Waals surface area contributed by atoms with Crippen LogP contribution < -0.4 is 0 Å². The minimum Gasteiger partial charge on any atom is -0.472 e. The van der Waals surface area contributed by atoms with Gasteiger partial charge in [-0.1, -0.05) is 13.8 Å². The SMILES string of the molecule is CN(C)CCCOCCOC1CC[C@@]2(C)C(CC[C@@H]3[C@H]2CC[C@]2(C)C(c4ccoc4)CC[C@@]32O)C1. The molecule has 4 aliphatic rings. The van der Waals surface area contributed by atoms with Crippen LogP contribution in [-0.4, -0.2) is 62.2 Å². The van der Waals surface area contributed by atoms with Crippen LogP contribution in [0.3, 0.4) is 0 Å². The van der Waals surface area contributed by atoms with Gasteiger partial charge in [0.15, 0.2) is 0 Å². The largest absolute Gasteiger partial charge is 0.472 e. The zero-order chi connectivity index (χ0) is 24.7. The smallest absolute Gasteiger partial charge is 0.0937 e. The molecule has 5 rings (SSSR count). The van der Waals surface area contributed by atoms with E-state index in [0.717, 1.165) is 57.8 Å². The van der Waals surface area contributed by atoms with Crippen LogP contribution in [0.15, 0.2) is 23.0 Å². The van der Waals surface area contributed by atoms with Crippen molar-refractivity contribution in [2.24, 2.45) is 28.6 Å². The molecule has 198 valence electrons. The fourth-order valence-corrected chi connectivity index (χ4v) is 9.20. The van der Waals surface area contributed by atoms with Crippen LogP contribution in [0, 0.1) is 28.6 Å². The number of fused-ring (bicyclic) bond motifs is 5. The molecule has 35 heavy (non-hydrogen) atoms. The summed E-state index contributed by atoms with van der Waals surface area (Å²) >= 11 is 0. The minimum atomic E-state index is -0.539. The second-order valence-electron chi connectivity index (χ2n) is 13.1. The van der Waals surface area contributed by atoms with Crippen molar-refractivity contribution in [3.63, 3.8) is 0 Å². The van der Waals surface area contributed by atoms with Crippen molar-refractivity contribution in [3.8, 4) is 0 Å². The highest BCUT2D eigenvalue weighted by Gasteiger charge is 2.67. The quantitative estimate of drug-likeness (QED) is 0.441. The van der Waals surface area contributed by atoms with Gasteiger partial charge in [-0.05, 0) is 126 Å². The molecule has 1 N–H and O–H groups in total. The van der Waals surface area contributed by atoms with Crippen LogP contribution in [0.1, 0.15) is 89.5 Å². The maximum atomic E-state index is 12.4. The Morgan fingerprint density at radius 1 is 1.00 bits per heavy atom. The Morgan fingerprint density at radius 2 is 1.86 bits per heavy atom. The molecule has 1 aromatic heterocycles. The van der Waals surface area contributed by atoms with Crippen LogP contribution in [0.5, 0.6) is 0 Å². The highest BCUT2D eigenvalue weighted by atomic mass is 16.5. The number of rotatable bonds is 9. The number of ether oxygens (including phenoxy) is 2. The van der Waals surface area contributed by atoms with Crippen molar-refractivity contribution in [2.45, 2.75) is 95.7 Å². The molecule has 0 aromatic carbocycles. The summed E-state index contributed by atoms with van der Waals surface area (Å²) in [4.78, 5) is 2.20. The first-order valence-corrected chi connectivity index (χ1v) is 14.4. The Balaban J connectivity index is 1.17. The number of furan rings is 1. The third-order valence-corrected chi connectivity index (χ3v) is 11.2. The predicted octanol–water partition coefficient (Wildman–Crippen LogP) is 5.87. The topological polar surface area (TPSA) is 55.1 Å². The molecule has 1 heterocycles. The van der Waals surface area contributed by atoms with E-state index in [1.807, 2.05) is 6.26 Å². The average Bonchev–Trinajstić information content (AvgIpc) is 3.44. The molecule has 8 atom stereocenters. The van der Waals surface area contributed by atoms with Gasteiger partial charge in [0.25, 0.3) is 0 Å². The van der Waals surface area contributed by atoms with Gasteiger partial charge >= 0.3 is 0 Å². The Morgan fingerprint density at radius 3 is 2.63 bits per heavy atom. The zero-order valence-corrected chi connectivity index (χ0v) is 22.6. The van der Waals surface area contributed by atoms with E-state index in [0.29, 0.717) is 35.9 Å². The monoisotopic (exact) mass is 487 g/mol. The molecule has 0 radical (unpaired) electrons. The van der Waals surface area contributed by atoms with E-state index >= 15 is 0 Å². The van der Waals surface area contributed by atoms with Crippen LogP contribution in [0.4, 0.5) is 0 Å². The lowest BCUT2D eigenvalue weighted by Crippen LogP contribution is -2.62. The molecule has 0 amide bonds. The Kier molecular flexibility index (Phi) is 7.44. The normalized spacial score (nSPS) is 43.1. The maximum absolute atomic E-state index is 12.4. The first-order valence-electron chi connectivity index (χ1n) is 14.4. The second kappa shape index (κ2) is 10.1. The summed E-state index contributed by atoms with van der Waals surface area (Å²) in [5.41, 5.74) is 1.06. The molecule has 3 unspecified atom stereocenters. The highest BCUT2D eigenvalue weighted by Crippen LogP contribution is 2.70. The van der Waals surface area contributed by atoms with Crippen LogP contribution in [0.2, 0.25) is 0 Å². The molecule has 5 heteroatoms. The molecule has 0 aliphatic heterocycles. The molecule has 4 fully saturated rings. The van der Waals surface area contributed by atoms with Crippen LogP contribution >= 0.6 is 0 Å². The van der Waals surface area contributed by atoms with Gasteiger partial charge in [-0.3, -0.25) is 0 Å². The molecule has 0 saturated heterocycles. The van der Waals surface area contributed by atoms with E-state index in [1.54, 1.807) is 6.26 Å². The van der Waals surface area contributed by atoms with E-state index in [1.165, 1.54) is 37.7 Å². The van der Waals surface area contributed by atoms with E-state index < -0.39 is 5.60 Å². The van der Waals surface area contributed by atoms with Gasteiger partial charge < -0.3 is 23.9 Å². The van der Waals surface area contributed by atoms with Gasteiger partial charge in [0, 0.05) is 12.0 Å². The van der Waals surface area contributed by atoms with E-state index in [9.17, 15) is 5.11 Å². The second-order valence-corrected chi connectivity index (χ2v) is 13.1. The molecule has 4 saturated carbocycles. The molecule has 5 nitrogen and oxygen atoms in total. The summed E-state index contributed by atoms with van der Waals surface area (Å²) in [6, 6.07) is 2.13. The first-order chi connectivity index (χ1) is 16.8. The summed E-state index contributed by atoms with van der Waals surface area (Å²) in [6.45, 7) is 8.27. The molecule has 0 bridgehead atoms. The highest BCUT2D eigenvalue weighted by molar-refractivity contribution is 5.26. The van der Waals surface area contributed by atoms with E-state index in [2.05, 4.69) is 38.9 Å². The first kappa shape index (κ1) is 25.8. The lowest BCUT2D eigenvalue weighted by atomic mass is 9.43. The van der Waals surface area contributed by atoms with Crippen molar-refractivity contribution in [1.29, 1.82) is 0 Å². The van der Waals surface area contributed by atoms with Crippen molar-refractivity contribution in [2.75, 3.05) is 40.5 Å². The molecule has 0 spiro atoms. The number of nitrogens with zero attached hydrogens (tertiary/aromatic N) is 1. The molecular weight excluding hydrogens is 438 g/mol. The summed E-state index contributed by atoms with van der Waals surface area (Å²) in [7, 11) is 4.21. The lowest BCUT2D eigenvalue weighted by molar-refractivity contribution is -0.207. The molecular formula is C30H49NO4. The molecule has 1 aromatic rings. The van der Waals surface area contributed by atoms with Gasteiger partial charge in [-0.15, -0.1) is 0 Å². The van der Waals surface area contributed by atoms with Gasteiger partial charge in [0.05, 0.1) is 37.4 Å². The standard InChI is InChI=1S/C30H49NO4/c1-28-12-8-24(35-19-18-33-16-5-15-31(3)4)20-23(28)6-7-27-26(28)9-13-29(2)25(10-14-30(27,29)32)22-11-17-34-21-22/h11,17,21,23-27,32H,5-10,12-16,18-20H2,1-4H3/t23?,24?,25?,26-,27-,28+,29-,30-/m1/s1. The van der Waals surface area contributed by atoms with Crippen molar-refractivity contribution >= 4 is 0 Å². The van der Waals surface area contributed by atoms with Crippen molar-refractivity contribution in [1.82, 2.24) is 4.90 Å². The van der Waals surface area contributed by atoms with Crippen LogP contribution in [0.25, 0.3) is 0 Å². The number of aliphatic hydroxyl groups is 1. The Hall–Kier alpha value is -0.880. The summed E-state index contributed by atoms with van der Waals surface area (Å²) in [5.74, 6) is 2.23. The third-order valence-electron chi connectivity index (χ3n) is 11.2. The number of hydrogen-bond donors (Lipinski definition) is 1. The average molecular weight is 488 g/mol. The lowest BCUT2D eigenvalue weighted by Gasteiger charge is -2.63. The van der Waals surface area contributed by atoms with Crippen molar-refractivity contribution in [3.05, 3.63) is 24.2 Å². The number of hydrogen-bond acceptors (Lipinski definition) is 5. The van der Waals surface area contributed by atoms with E-state index in [4.69, 9.17) is 13.9 Å². The fourth-order valence-electron chi connectivity index (χ4n) is 9.20. The van der Waals surface area contributed by atoms with Gasteiger partial charge in [-0.25, -0.2) is 0 Å². The summed E-state index contributed by atoms with van der Waals surface area (Å²) in [6.07, 6.45) is 15.6. The fraction of sp³-hybridized carbons (Fsp3) is 0.867. The molecule has 4 aliphatic carbocycles. The zero-order valence-electron chi connectivity index (χ0n) is 22.6. The maximum Gasteiger partial charge on any atom is 0.0937 e. The van der Waals surface area contributed by atoms with Gasteiger partial charge in [0.2, 0.25) is 0 Å². The third kappa shape index (κ3) is 4.53. The van der Waals surface area contributed by atoms with Gasteiger partial charge in [-0.2, -0.15) is 0 Å². The summed E-state index contributed by atoms with van der Waals surface area (Å²) < 4.78 is 17.5.